The molecule has 21 heavy (non-hydrogen) atoms. The fourth-order valence-corrected chi connectivity index (χ4v) is 2.91. The molecule has 0 bridgehead atoms. The number of hydrogen-bond donors (Lipinski definition) is 1. The summed E-state index contributed by atoms with van der Waals surface area (Å²) >= 11 is 0. The van der Waals surface area contributed by atoms with Gasteiger partial charge in [0.1, 0.15) is 0 Å². The molecule has 0 saturated heterocycles. The Morgan fingerprint density at radius 2 is 2.24 bits per heavy atom. The molecule has 110 valence electrons. The van der Waals surface area contributed by atoms with Crippen LogP contribution >= 0.6 is 0 Å². The molecule has 4 nitrogen and oxygen atoms in total. The van der Waals surface area contributed by atoms with Crippen molar-refractivity contribution in [2.24, 2.45) is 0 Å². The molecule has 0 radical (unpaired) electrons. The van der Waals surface area contributed by atoms with E-state index in [9.17, 15) is 0 Å². The van der Waals surface area contributed by atoms with E-state index in [2.05, 4.69) is 22.4 Å². The van der Waals surface area contributed by atoms with Gasteiger partial charge in [-0.15, -0.1) is 0 Å². The third kappa shape index (κ3) is 2.59. The third-order valence-electron chi connectivity index (χ3n) is 3.82. The smallest absolute Gasteiger partial charge is 0.164 e. The van der Waals surface area contributed by atoms with Crippen LogP contribution in [-0.2, 0) is 6.42 Å². The summed E-state index contributed by atoms with van der Waals surface area (Å²) in [6, 6.07) is 8.34. The van der Waals surface area contributed by atoms with Crippen molar-refractivity contribution in [2.45, 2.75) is 19.4 Å². The second-order valence-electron chi connectivity index (χ2n) is 5.02. The first-order chi connectivity index (χ1) is 10.3. The summed E-state index contributed by atoms with van der Waals surface area (Å²) in [4.78, 5) is 4.23. The average molecular weight is 284 g/mol. The highest BCUT2D eigenvalue weighted by molar-refractivity contribution is 5.54. The second-order valence-corrected chi connectivity index (χ2v) is 5.02. The maximum Gasteiger partial charge on any atom is 0.164 e. The van der Waals surface area contributed by atoms with Gasteiger partial charge in [-0.05, 0) is 36.6 Å². The van der Waals surface area contributed by atoms with Crippen LogP contribution in [0.3, 0.4) is 0 Å². The number of methoxy groups -OCH3 is 1. The van der Waals surface area contributed by atoms with Gasteiger partial charge in [0.25, 0.3) is 0 Å². The molecule has 0 fully saturated rings. The molecule has 0 saturated carbocycles. The molecule has 1 aromatic heterocycles. The summed E-state index contributed by atoms with van der Waals surface area (Å²) in [5, 5.41) is 3.56. The predicted molar refractivity (Wildman–Crippen MR) is 81.9 cm³/mol. The molecule has 3 rings (SSSR count). The zero-order valence-corrected chi connectivity index (χ0v) is 12.4. The van der Waals surface area contributed by atoms with Crippen molar-refractivity contribution in [3.63, 3.8) is 0 Å². The second kappa shape index (κ2) is 6.14. The van der Waals surface area contributed by atoms with Crippen molar-refractivity contribution in [2.75, 3.05) is 20.3 Å². The van der Waals surface area contributed by atoms with Crippen LogP contribution in [0.4, 0.5) is 0 Å². The van der Waals surface area contributed by atoms with E-state index in [1.165, 1.54) is 16.7 Å². The molecule has 0 spiro atoms. The number of rotatable bonds is 4. The number of aromatic nitrogens is 1. The van der Waals surface area contributed by atoms with Crippen molar-refractivity contribution in [3.05, 3.63) is 53.3 Å². The van der Waals surface area contributed by atoms with Gasteiger partial charge < -0.3 is 14.8 Å². The first-order valence-corrected chi connectivity index (χ1v) is 7.31. The maximum atomic E-state index is 5.84. The number of hydrogen-bond acceptors (Lipinski definition) is 4. The molecule has 4 heteroatoms. The number of nitrogens with zero attached hydrogens (tertiary/aromatic N) is 1. The standard InChI is InChI=1S/C17H20N2O2/c1-3-21-17-14-8-10-19-16(12-5-4-9-18-11-12)13(14)6-7-15(17)20-2/h4-7,9,11,16,19H,3,8,10H2,1-2H3. The Labute approximate surface area is 125 Å². The van der Waals surface area contributed by atoms with Crippen molar-refractivity contribution in [3.8, 4) is 11.5 Å². The van der Waals surface area contributed by atoms with Gasteiger partial charge in [0.05, 0.1) is 19.8 Å². The lowest BCUT2D eigenvalue weighted by Crippen LogP contribution is -2.31. The number of fused-ring (bicyclic) bond motifs is 1. The van der Waals surface area contributed by atoms with Gasteiger partial charge in [0.2, 0.25) is 0 Å². The predicted octanol–water partition coefficient (Wildman–Crippen LogP) is 2.72. The minimum absolute atomic E-state index is 0.160. The number of ether oxygens (including phenoxy) is 2. The number of nitrogens with one attached hydrogen (secondary N) is 1. The molecule has 1 aliphatic rings. The Kier molecular flexibility index (Phi) is 4.06. The lowest BCUT2D eigenvalue weighted by molar-refractivity contribution is 0.305. The molecule has 0 aliphatic carbocycles. The third-order valence-corrected chi connectivity index (χ3v) is 3.82. The Balaban J connectivity index is 2.08. The first kappa shape index (κ1) is 13.9. The monoisotopic (exact) mass is 284 g/mol. The molecule has 2 aromatic rings. The van der Waals surface area contributed by atoms with Crippen LogP contribution in [0.2, 0.25) is 0 Å². The van der Waals surface area contributed by atoms with Crippen LogP contribution in [-0.4, -0.2) is 25.2 Å². The van der Waals surface area contributed by atoms with Gasteiger partial charge in [-0.2, -0.15) is 0 Å². The molecule has 1 aliphatic heterocycles. The Hall–Kier alpha value is -2.07. The van der Waals surface area contributed by atoms with E-state index < -0.39 is 0 Å². The van der Waals surface area contributed by atoms with Crippen molar-refractivity contribution < 1.29 is 9.47 Å². The number of benzene rings is 1. The Morgan fingerprint density at radius 3 is 2.95 bits per heavy atom. The fourth-order valence-electron chi connectivity index (χ4n) is 2.91. The van der Waals surface area contributed by atoms with Crippen LogP contribution in [0, 0.1) is 0 Å². The van der Waals surface area contributed by atoms with Crippen LogP contribution in [0.5, 0.6) is 11.5 Å². The first-order valence-electron chi connectivity index (χ1n) is 7.31. The van der Waals surface area contributed by atoms with E-state index in [-0.39, 0.29) is 6.04 Å². The van der Waals surface area contributed by atoms with E-state index in [0.29, 0.717) is 6.61 Å². The van der Waals surface area contributed by atoms with Gasteiger partial charge in [0.15, 0.2) is 11.5 Å². The van der Waals surface area contributed by atoms with Gasteiger partial charge in [-0.1, -0.05) is 12.1 Å². The average Bonchev–Trinajstić information content (AvgIpc) is 2.55. The topological polar surface area (TPSA) is 43.4 Å². The molecular weight excluding hydrogens is 264 g/mol. The molecule has 1 N–H and O–H groups in total. The fraction of sp³-hybridized carbons (Fsp3) is 0.353. The van der Waals surface area contributed by atoms with E-state index in [4.69, 9.17) is 9.47 Å². The molecule has 1 atom stereocenters. The molecule has 0 amide bonds. The summed E-state index contributed by atoms with van der Waals surface area (Å²) in [5.74, 6) is 1.69. The van der Waals surface area contributed by atoms with Crippen LogP contribution in [0.1, 0.15) is 29.7 Å². The van der Waals surface area contributed by atoms with Crippen LogP contribution in [0.15, 0.2) is 36.7 Å². The highest BCUT2D eigenvalue weighted by Gasteiger charge is 2.26. The summed E-state index contributed by atoms with van der Waals surface area (Å²) in [6.07, 6.45) is 4.66. The lowest BCUT2D eigenvalue weighted by Gasteiger charge is -2.29. The van der Waals surface area contributed by atoms with Crippen molar-refractivity contribution in [1.29, 1.82) is 0 Å². The van der Waals surface area contributed by atoms with Crippen molar-refractivity contribution in [1.82, 2.24) is 10.3 Å². The minimum atomic E-state index is 0.160. The quantitative estimate of drug-likeness (QED) is 0.937. The van der Waals surface area contributed by atoms with Gasteiger partial charge in [-0.25, -0.2) is 0 Å². The summed E-state index contributed by atoms with van der Waals surface area (Å²) in [6.45, 7) is 3.55. The van der Waals surface area contributed by atoms with Crippen molar-refractivity contribution >= 4 is 0 Å². The van der Waals surface area contributed by atoms with Gasteiger partial charge in [-0.3, -0.25) is 4.98 Å². The summed E-state index contributed by atoms with van der Waals surface area (Å²) in [7, 11) is 1.68. The summed E-state index contributed by atoms with van der Waals surface area (Å²) < 4.78 is 11.3. The Morgan fingerprint density at radius 1 is 1.33 bits per heavy atom. The molecule has 1 aromatic carbocycles. The maximum absolute atomic E-state index is 5.84. The highest BCUT2D eigenvalue weighted by atomic mass is 16.5. The van der Waals surface area contributed by atoms with E-state index >= 15 is 0 Å². The SMILES string of the molecule is CCOc1c(OC)ccc2c1CCNC2c1cccnc1. The van der Waals surface area contributed by atoms with Gasteiger partial charge in [0, 0.05) is 24.5 Å². The molecule has 2 heterocycles. The zero-order valence-electron chi connectivity index (χ0n) is 12.4. The van der Waals surface area contributed by atoms with Gasteiger partial charge >= 0.3 is 0 Å². The lowest BCUT2D eigenvalue weighted by atomic mass is 9.89. The summed E-state index contributed by atoms with van der Waals surface area (Å²) in [5.41, 5.74) is 3.66. The van der Waals surface area contributed by atoms with E-state index in [0.717, 1.165) is 24.5 Å². The van der Waals surface area contributed by atoms with Crippen LogP contribution in [0.25, 0.3) is 0 Å². The molecular formula is C17H20N2O2. The highest BCUT2D eigenvalue weighted by Crippen LogP contribution is 2.39. The molecule has 1 unspecified atom stereocenters. The minimum Gasteiger partial charge on any atom is -0.493 e. The zero-order chi connectivity index (χ0) is 14.7. The number of pyridine rings is 1. The van der Waals surface area contributed by atoms with Crippen LogP contribution < -0.4 is 14.8 Å². The van der Waals surface area contributed by atoms with E-state index in [1.807, 2.05) is 25.3 Å². The normalized spacial score (nSPS) is 17.1. The largest absolute Gasteiger partial charge is 0.493 e. The Bertz CT molecular complexity index is 614. The van der Waals surface area contributed by atoms with E-state index in [1.54, 1.807) is 13.3 Å².